The molecular weight excluding hydrogens is 429 g/mol. The molecule has 2 aliphatic rings. The highest BCUT2D eigenvalue weighted by atomic mass is 19.4. The molecule has 0 spiro atoms. The maximum atomic E-state index is 13.3. The van der Waals surface area contributed by atoms with Gasteiger partial charge in [0.25, 0.3) is 0 Å². The number of imide groups is 1. The van der Waals surface area contributed by atoms with Crippen LogP contribution >= 0.6 is 0 Å². The molecule has 7 nitrogen and oxygen atoms in total. The summed E-state index contributed by atoms with van der Waals surface area (Å²) in [7, 11) is 0. The highest BCUT2D eigenvalue weighted by Gasteiger charge is 2.66. The normalized spacial score (nSPS) is 27.5. The monoisotopic (exact) mass is 448 g/mol. The van der Waals surface area contributed by atoms with Crippen LogP contribution in [0.5, 0.6) is 5.75 Å². The fraction of sp³-hybridized carbons (Fsp3) is 0.318. The van der Waals surface area contributed by atoms with Crippen molar-refractivity contribution in [1.29, 1.82) is 0 Å². The number of fused-ring (bicyclic) bond motifs is 1. The van der Waals surface area contributed by atoms with E-state index in [1.807, 2.05) is 0 Å². The average Bonchev–Trinajstić information content (AvgIpc) is 3.17. The van der Waals surface area contributed by atoms with Gasteiger partial charge in [0.05, 0.1) is 18.4 Å². The Morgan fingerprint density at radius 1 is 1.12 bits per heavy atom. The molecule has 32 heavy (non-hydrogen) atoms. The summed E-state index contributed by atoms with van der Waals surface area (Å²) in [5.74, 6) is -5.35. The Bertz CT molecular complexity index is 1070. The molecule has 168 valence electrons. The minimum Gasteiger partial charge on any atom is -0.480 e. The summed E-state index contributed by atoms with van der Waals surface area (Å²) in [6.45, 7) is 1.28. The molecular formula is C22H19F3N2O5. The molecule has 2 N–H and O–H groups in total. The standard InChI is InChI=1S/C22H19F3N2O5/c1-21(20(30)31)16-15(18(28)27(19(16)29)11-12-6-3-2-4-7-12)17(26-21)13-8-5-9-14(10-13)32-22(23,24)25/h2-10,15-17,26H,11H2,1H3,(H,30,31). The van der Waals surface area contributed by atoms with Crippen LogP contribution in [-0.2, 0) is 20.9 Å². The van der Waals surface area contributed by atoms with Gasteiger partial charge in [0.1, 0.15) is 11.3 Å². The molecule has 4 rings (SSSR count). The molecule has 0 aliphatic carbocycles. The molecule has 4 atom stereocenters. The molecule has 0 bridgehead atoms. The van der Waals surface area contributed by atoms with Gasteiger partial charge in [-0.2, -0.15) is 0 Å². The highest BCUT2D eigenvalue weighted by Crippen LogP contribution is 2.49. The smallest absolute Gasteiger partial charge is 0.480 e. The molecule has 2 amide bonds. The van der Waals surface area contributed by atoms with Crippen molar-refractivity contribution < 1.29 is 37.4 Å². The third-order valence-electron chi connectivity index (χ3n) is 5.96. The zero-order valence-corrected chi connectivity index (χ0v) is 16.8. The maximum Gasteiger partial charge on any atom is 0.573 e. The molecule has 2 aromatic rings. The van der Waals surface area contributed by atoms with Crippen LogP contribution in [0.1, 0.15) is 24.1 Å². The van der Waals surface area contributed by atoms with Crippen molar-refractivity contribution >= 4 is 17.8 Å². The molecule has 2 heterocycles. The number of carbonyl (C=O) groups excluding carboxylic acids is 2. The van der Waals surface area contributed by atoms with Crippen molar-refractivity contribution in [2.75, 3.05) is 0 Å². The molecule has 2 aliphatic heterocycles. The Balaban J connectivity index is 1.72. The number of alkyl halides is 3. The lowest BCUT2D eigenvalue weighted by molar-refractivity contribution is -0.274. The van der Waals surface area contributed by atoms with Crippen molar-refractivity contribution in [2.24, 2.45) is 11.8 Å². The number of aliphatic carboxylic acids is 1. The minimum atomic E-state index is -4.91. The quantitative estimate of drug-likeness (QED) is 0.683. The molecule has 2 aromatic carbocycles. The van der Waals surface area contributed by atoms with E-state index in [1.165, 1.54) is 19.1 Å². The summed E-state index contributed by atoms with van der Waals surface area (Å²) >= 11 is 0. The van der Waals surface area contributed by atoms with Crippen LogP contribution < -0.4 is 10.1 Å². The van der Waals surface area contributed by atoms with Gasteiger partial charge >= 0.3 is 12.3 Å². The number of rotatable bonds is 5. The van der Waals surface area contributed by atoms with E-state index in [0.29, 0.717) is 5.56 Å². The van der Waals surface area contributed by atoms with Crippen molar-refractivity contribution in [1.82, 2.24) is 10.2 Å². The number of halogens is 3. The van der Waals surface area contributed by atoms with Crippen LogP contribution in [0.4, 0.5) is 13.2 Å². The molecule has 2 saturated heterocycles. The summed E-state index contributed by atoms with van der Waals surface area (Å²) in [6.07, 6.45) is -4.91. The molecule has 10 heteroatoms. The Morgan fingerprint density at radius 3 is 2.44 bits per heavy atom. The number of hydrogen-bond donors (Lipinski definition) is 2. The number of benzene rings is 2. The van der Waals surface area contributed by atoms with E-state index in [4.69, 9.17) is 0 Å². The van der Waals surface area contributed by atoms with Crippen LogP contribution in [0.25, 0.3) is 0 Å². The predicted molar refractivity (Wildman–Crippen MR) is 104 cm³/mol. The van der Waals surface area contributed by atoms with Crippen molar-refractivity contribution in [2.45, 2.75) is 31.4 Å². The SMILES string of the molecule is CC1(C(=O)O)NC(c2cccc(OC(F)(F)F)c2)C2C(=O)N(Cc3ccccc3)C(=O)C21. The van der Waals surface area contributed by atoms with Gasteiger partial charge in [-0.3, -0.25) is 24.6 Å². The Hall–Kier alpha value is -3.40. The average molecular weight is 448 g/mol. The number of likely N-dealkylation sites (tertiary alicyclic amines) is 1. The van der Waals surface area contributed by atoms with Gasteiger partial charge in [-0.1, -0.05) is 42.5 Å². The van der Waals surface area contributed by atoms with Crippen LogP contribution in [0.15, 0.2) is 54.6 Å². The van der Waals surface area contributed by atoms with E-state index in [-0.39, 0.29) is 12.1 Å². The number of carboxylic acids is 1. The fourth-order valence-electron chi connectivity index (χ4n) is 4.51. The molecule has 0 saturated carbocycles. The second kappa shape index (κ2) is 7.63. The largest absolute Gasteiger partial charge is 0.573 e. The molecule has 0 radical (unpaired) electrons. The maximum absolute atomic E-state index is 13.3. The van der Waals surface area contributed by atoms with Gasteiger partial charge in [0.2, 0.25) is 11.8 Å². The van der Waals surface area contributed by atoms with Gasteiger partial charge in [-0.05, 0) is 30.2 Å². The third-order valence-corrected chi connectivity index (χ3v) is 5.96. The van der Waals surface area contributed by atoms with Gasteiger partial charge in [0, 0.05) is 6.04 Å². The van der Waals surface area contributed by atoms with Gasteiger partial charge in [0.15, 0.2) is 0 Å². The number of nitrogens with one attached hydrogen (secondary N) is 1. The Morgan fingerprint density at radius 2 is 1.81 bits per heavy atom. The lowest BCUT2D eigenvalue weighted by Crippen LogP contribution is -2.53. The number of ether oxygens (including phenoxy) is 1. The van der Waals surface area contributed by atoms with E-state index < -0.39 is 53.3 Å². The number of hydrogen-bond acceptors (Lipinski definition) is 5. The van der Waals surface area contributed by atoms with E-state index in [1.54, 1.807) is 30.3 Å². The Kier molecular flexibility index (Phi) is 5.20. The van der Waals surface area contributed by atoms with Crippen LogP contribution in [-0.4, -0.2) is 39.7 Å². The van der Waals surface area contributed by atoms with E-state index in [2.05, 4.69) is 10.1 Å². The second-order valence-corrected chi connectivity index (χ2v) is 8.00. The summed E-state index contributed by atoms with van der Waals surface area (Å²) in [5.41, 5.74) is -0.875. The fourth-order valence-corrected chi connectivity index (χ4v) is 4.51. The predicted octanol–water partition coefficient (Wildman–Crippen LogP) is 2.87. The summed E-state index contributed by atoms with van der Waals surface area (Å²) in [5, 5.41) is 12.7. The third kappa shape index (κ3) is 3.70. The number of nitrogens with zero attached hydrogens (tertiary/aromatic N) is 1. The zero-order chi connectivity index (χ0) is 23.3. The number of amides is 2. The lowest BCUT2D eigenvalue weighted by Gasteiger charge is -2.27. The number of carboxylic acid groups (broad SMARTS) is 1. The summed E-state index contributed by atoms with van der Waals surface area (Å²) in [6, 6.07) is 12.7. The van der Waals surface area contributed by atoms with Crippen LogP contribution in [0.2, 0.25) is 0 Å². The van der Waals surface area contributed by atoms with Crippen molar-refractivity contribution in [3.05, 3.63) is 65.7 Å². The zero-order valence-electron chi connectivity index (χ0n) is 16.8. The first-order chi connectivity index (χ1) is 15.0. The van der Waals surface area contributed by atoms with Gasteiger partial charge in [-0.15, -0.1) is 13.2 Å². The molecule has 4 unspecified atom stereocenters. The lowest BCUT2D eigenvalue weighted by atomic mass is 9.80. The molecule has 2 fully saturated rings. The minimum absolute atomic E-state index is 0.0227. The van der Waals surface area contributed by atoms with Crippen LogP contribution in [0.3, 0.4) is 0 Å². The summed E-state index contributed by atoms with van der Waals surface area (Å²) in [4.78, 5) is 39.6. The van der Waals surface area contributed by atoms with Gasteiger partial charge in [-0.25, -0.2) is 0 Å². The van der Waals surface area contributed by atoms with Crippen molar-refractivity contribution in [3.63, 3.8) is 0 Å². The first-order valence-electron chi connectivity index (χ1n) is 9.77. The van der Waals surface area contributed by atoms with E-state index in [9.17, 15) is 32.7 Å². The highest BCUT2D eigenvalue weighted by molar-refractivity contribution is 6.09. The van der Waals surface area contributed by atoms with Gasteiger partial charge < -0.3 is 9.84 Å². The second-order valence-electron chi connectivity index (χ2n) is 8.00. The van der Waals surface area contributed by atoms with E-state index in [0.717, 1.165) is 17.0 Å². The topological polar surface area (TPSA) is 95.9 Å². The van der Waals surface area contributed by atoms with Crippen LogP contribution in [0, 0.1) is 11.8 Å². The first-order valence-corrected chi connectivity index (χ1v) is 9.77. The summed E-state index contributed by atoms with van der Waals surface area (Å²) < 4.78 is 41.9. The first kappa shape index (κ1) is 21.8. The van der Waals surface area contributed by atoms with E-state index >= 15 is 0 Å². The molecule has 0 aromatic heterocycles. The number of carbonyl (C=O) groups is 3. The van der Waals surface area contributed by atoms with Crippen molar-refractivity contribution in [3.8, 4) is 5.75 Å². The Labute approximate surface area is 180 Å².